The first-order valence-corrected chi connectivity index (χ1v) is 7.42. The van der Waals surface area contributed by atoms with Gasteiger partial charge in [0.05, 0.1) is 0 Å². The molecule has 0 heterocycles. The molecule has 2 aliphatic rings. The molecule has 3 unspecified atom stereocenters. The van der Waals surface area contributed by atoms with Gasteiger partial charge in [-0.3, -0.25) is 0 Å². The van der Waals surface area contributed by atoms with Crippen LogP contribution in [0, 0.1) is 11.8 Å². The minimum absolute atomic E-state index is 0.575. The summed E-state index contributed by atoms with van der Waals surface area (Å²) < 4.78 is 5.71. The lowest BCUT2D eigenvalue weighted by molar-refractivity contribution is 0.338. The summed E-state index contributed by atoms with van der Waals surface area (Å²) in [6.07, 6.45) is 7.51. The van der Waals surface area contributed by atoms with E-state index < -0.39 is 0 Å². The summed E-state index contributed by atoms with van der Waals surface area (Å²) in [5, 5.41) is 3.74. The van der Waals surface area contributed by atoms with Crippen LogP contribution >= 0.6 is 0 Å². The third-order valence-electron chi connectivity index (χ3n) is 4.62. The molecule has 2 nitrogen and oxygen atoms in total. The van der Waals surface area contributed by atoms with E-state index in [0.717, 1.165) is 30.2 Å². The van der Waals surface area contributed by atoms with E-state index in [4.69, 9.17) is 4.74 Å². The molecule has 0 spiro atoms. The molecule has 1 aromatic rings. The molecule has 0 radical (unpaired) electrons. The van der Waals surface area contributed by atoms with Crippen molar-refractivity contribution < 1.29 is 4.74 Å². The van der Waals surface area contributed by atoms with Gasteiger partial charge in [0.2, 0.25) is 0 Å². The van der Waals surface area contributed by atoms with Crippen molar-refractivity contribution >= 4 is 0 Å². The quantitative estimate of drug-likeness (QED) is 0.787. The smallest absolute Gasteiger partial charge is 0.124 e. The molecule has 0 amide bonds. The van der Waals surface area contributed by atoms with Gasteiger partial charge in [-0.05, 0) is 37.2 Å². The van der Waals surface area contributed by atoms with Gasteiger partial charge >= 0.3 is 0 Å². The van der Waals surface area contributed by atoms with E-state index in [0.29, 0.717) is 6.61 Å². The predicted molar refractivity (Wildman–Crippen MR) is 78.2 cm³/mol. The SMILES string of the molecule is C=CCOc1ccccc1CNC1CC2CCC1C2. The highest BCUT2D eigenvalue weighted by Gasteiger charge is 2.38. The Morgan fingerprint density at radius 3 is 2.89 bits per heavy atom. The van der Waals surface area contributed by atoms with E-state index in [9.17, 15) is 0 Å². The Morgan fingerprint density at radius 1 is 1.26 bits per heavy atom. The van der Waals surface area contributed by atoms with E-state index >= 15 is 0 Å². The minimum Gasteiger partial charge on any atom is -0.489 e. The van der Waals surface area contributed by atoms with Crippen molar-refractivity contribution in [2.24, 2.45) is 11.8 Å². The number of nitrogens with one attached hydrogen (secondary N) is 1. The van der Waals surface area contributed by atoms with Crippen molar-refractivity contribution in [3.63, 3.8) is 0 Å². The molecule has 0 saturated heterocycles. The predicted octanol–water partition coefficient (Wildman–Crippen LogP) is 3.53. The summed E-state index contributed by atoms with van der Waals surface area (Å²) in [4.78, 5) is 0. The van der Waals surface area contributed by atoms with E-state index in [1.165, 1.54) is 31.2 Å². The summed E-state index contributed by atoms with van der Waals surface area (Å²) in [7, 11) is 0. The Kier molecular flexibility index (Phi) is 3.88. The summed E-state index contributed by atoms with van der Waals surface area (Å²) in [6.45, 7) is 5.19. The van der Waals surface area contributed by atoms with Crippen molar-refractivity contribution in [2.45, 2.75) is 38.3 Å². The van der Waals surface area contributed by atoms with Gasteiger partial charge in [-0.15, -0.1) is 0 Å². The summed E-state index contributed by atoms with van der Waals surface area (Å²) >= 11 is 0. The Hall–Kier alpha value is -1.28. The Bertz CT molecular complexity index is 443. The fraction of sp³-hybridized carbons (Fsp3) is 0.529. The van der Waals surface area contributed by atoms with Crippen LogP contribution in [0.3, 0.4) is 0 Å². The van der Waals surface area contributed by atoms with Crippen molar-refractivity contribution in [1.82, 2.24) is 5.32 Å². The maximum Gasteiger partial charge on any atom is 0.124 e. The van der Waals surface area contributed by atoms with Crippen molar-refractivity contribution in [2.75, 3.05) is 6.61 Å². The average molecular weight is 257 g/mol. The summed E-state index contributed by atoms with van der Waals surface area (Å²) in [6, 6.07) is 9.03. The van der Waals surface area contributed by atoms with Gasteiger partial charge < -0.3 is 10.1 Å². The molecular weight excluding hydrogens is 234 g/mol. The second-order valence-corrected chi connectivity index (χ2v) is 5.87. The van der Waals surface area contributed by atoms with Crippen LogP contribution in [0.1, 0.15) is 31.2 Å². The molecule has 102 valence electrons. The molecule has 0 aromatic heterocycles. The highest BCUT2D eigenvalue weighted by molar-refractivity contribution is 5.33. The van der Waals surface area contributed by atoms with Crippen molar-refractivity contribution in [1.29, 1.82) is 0 Å². The molecule has 2 aliphatic carbocycles. The zero-order valence-corrected chi connectivity index (χ0v) is 11.5. The zero-order valence-electron chi connectivity index (χ0n) is 11.5. The van der Waals surface area contributed by atoms with E-state index in [1.54, 1.807) is 6.08 Å². The molecule has 0 aliphatic heterocycles. The van der Waals surface area contributed by atoms with Crippen LogP contribution in [0.25, 0.3) is 0 Å². The molecule has 2 heteroatoms. The number of hydrogen-bond donors (Lipinski definition) is 1. The van der Waals surface area contributed by atoms with E-state index in [1.807, 2.05) is 12.1 Å². The standard InChI is InChI=1S/C17H23NO/c1-2-9-19-17-6-4-3-5-15(17)12-18-16-11-13-7-8-14(16)10-13/h2-6,13-14,16,18H,1,7-12H2. The maximum absolute atomic E-state index is 5.71. The topological polar surface area (TPSA) is 21.3 Å². The van der Waals surface area contributed by atoms with E-state index in [-0.39, 0.29) is 0 Å². The fourth-order valence-electron chi connectivity index (χ4n) is 3.68. The Morgan fingerprint density at radius 2 is 2.16 bits per heavy atom. The monoisotopic (exact) mass is 257 g/mol. The summed E-state index contributed by atoms with van der Waals surface area (Å²) in [5.74, 6) is 2.90. The zero-order chi connectivity index (χ0) is 13.1. The lowest BCUT2D eigenvalue weighted by Crippen LogP contribution is -2.33. The number of rotatable bonds is 6. The van der Waals surface area contributed by atoms with Crippen LogP contribution in [0.5, 0.6) is 5.75 Å². The first-order chi connectivity index (χ1) is 9.36. The lowest BCUT2D eigenvalue weighted by Gasteiger charge is -2.23. The molecular formula is C17H23NO. The van der Waals surface area contributed by atoms with E-state index in [2.05, 4.69) is 24.0 Å². The van der Waals surface area contributed by atoms with Crippen LogP contribution in [0.4, 0.5) is 0 Å². The van der Waals surface area contributed by atoms with Gasteiger partial charge in [-0.2, -0.15) is 0 Å². The number of hydrogen-bond acceptors (Lipinski definition) is 2. The second kappa shape index (κ2) is 5.79. The van der Waals surface area contributed by atoms with Crippen LogP contribution in [-0.4, -0.2) is 12.6 Å². The second-order valence-electron chi connectivity index (χ2n) is 5.87. The third-order valence-corrected chi connectivity index (χ3v) is 4.62. The van der Waals surface area contributed by atoms with Crippen LogP contribution in [0.2, 0.25) is 0 Å². The number of fused-ring (bicyclic) bond motifs is 2. The van der Waals surface area contributed by atoms with Crippen molar-refractivity contribution in [3.8, 4) is 5.75 Å². The number of benzene rings is 1. The first-order valence-electron chi connectivity index (χ1n) is 7.42. The number of para-hydroxylation sites is 1. The molecule has 1 N–H and O–H groups in total. The fourth-order valence-corrected chi connectivity index (χ4v) is 3.68. The molecule has 1 aromatic carbocycles. The Balaban J connectivity index is 1.58. The number of ether oxygens (including phenoxy) is 1. The van der Waals surface area contributed by atoms with Gasteiger partial charge in [-0.25, -0.2) is 0 Å². The summed E-state index contributed by atoms with van der Waals surface area (Å²) in [5.41, 5.74) is 1.26. The normalized spacial score (nSPS) is 28.5. The highest BCUT2D eigenvalue weighted by Crippen LogP contribution is 2.44. The van der Waals surface area contributed by atoms with Gasteiger partial charge in [-0.1, -0.05) is 37.3 Å². The third kappa shape index (κ3) is 2.84. The largest absolute Gasteiger partial charge is 0.489 e. The molecule has 2 saturated carbocycles. The molecule has 2 bridgehead atoms. The average Bonchev–Trinajstić information content (AvgIpc) is 3.06. The molecule has 2 fully saturated rings. The van der Waals surface area contributed by atoms with Gasteiger partial charge in [0.15, 0.2) is 0 Å². The minimum atomic E-state index is 0.575. The van der Waals surface area contributed by atoms with Crippen LogP contribution in [-0.2, 0) is 6.54 Å². The maximum atomic E-state index is 5.71. The highest BCUT2D eigenvalue weighted by atomic mass is 16.5. The van der Waals surface area contributed by atoms with Crippen LogP contribution in [0.15, 0.2) is 36.9 Å². The molecule has 3 atom stereocenters. The molecule has 19 heavy (non-hydrogen) atoms. The lowest BCUT2D eigenvalue weighted by atomic mass is 9.95. The van der Waals surface area contributed by atoms with Gasteiger partial charge in [0.1, 0.15) is 12.4 Å². The first kappa shape index (κ1) is 12.7. The Labute approximate surface area is 115 Å². The van der Waals surface area contributed by atoms with Gasteiger partial charge in [0.25, 0.3) is 0 Å². The van der Waals surface area contributed by atoms with Gasteiger partial charge in [0, 0.05) is 18.2 Å². The van der Waals surface area contributed by atoms with Crippen molar-refractivity contribution in [3.05, 3.63) is 42.5 Å². The van der Waals surface area contributed by atoms with Crippen LogP contribution < -0.4 is 10.1 Å². The molecule has 3 rings (SSSR count).